The first-order chi connectivity index (χ1) is 9.85. The van der Waals surface area contributed by atoms with Crippen molar-refractivity contribution in [1.82, 2.24) is 0 Å². The molecule has 21 heavy (non-hydrogen) atoms. The van der Waals surface area contributed by atoms with Crippen LogP contribution in [0, 0.1) is 18.3 Å². The number of hydrogen-bond donors (Lipinski definition) is 3. The van der Waals surface area contributed by atoms with Gasteiger partial charge in [-0.25, -0.2) is 0 Å². The van der Waals surface area contributed by atoms with Crippen LogP contribution >= 0.6 is 0 Å². The van der Waals surface area contributed by atoms with Crippen molar-refractivity contribution in [1.29, 1.82) is 0 Å². The third-order valence-electron chi connectivity index (χ3n) is 4.47. The number of anilines is 1. The smallest absolute Gasteiger partial charge is 0.228 e. The van der Waals surface area contributed by atoms with E-state index < -0.39 is 0 Å². The fraction of sp³-hybridized carbons (Fsp3) is 0.500. The average Bonchev–Trinajstić information content (AvgIpc) is 2.80. The van der Waals surface area contributed by atoms with Gasteiger partial charge < -0.3 is 16.3 Å². The molecule has 0 aromatic heterocycles. The zero-order valence-electron chi connectivity index (χ0n) is 12.8. The molecule has 1 amide bonds. The molecule has 0 saturated heterocycles. The number of amidine groups is 1. The van der Waals surface area contributed by atoms with Crippen molar-refractivity contribution in [3.8, 4) is 0 Å². The minimum Gasteiger partial charge on any atom is -0.409 e. The maximum absolute atomic E-state index is 12.5. The van der Waals surface area contributed by atoms with Crippen LogP contribution in [0.25, 0.3) is 0 Å². The lowest BCUT2D eigenvalue weighted by molar-refractivity contribution is -0.122. The molecule has 1 aromatic rings. The van der Waals surface area contributed by atoms with Gasteiger partial charge in [0, 0.05) is 17.2 Å². The molecular weight excluding hydrogens is 266 g/mol. The first kappa shape index (κ1) is 15.4. The van der Waals surface area contributed by atoms with Gasteiger partial charge in [-0.05, 0) is 36.8 Å². The molecule has 1 aliphatic carbocycles. The normalized spacial score (nSPS) is 21.3. The Balaban J connectivity index is 2.21. The summed E-state index contributed by atoms with van der Waals surface area (Å²) in [6, 6.07) is 5.35. The van der Waals surface area contributed by atoms with Crippen molar-refractivity contribution >= 4 is 17.4 Å². The van der Waals surface area contributed by atoms with Gasteiger partial charge in [0.25, 0.3) is 0 Å². The minimum absolute atomic E-state index is 0.0319. The molecule has 0 heterocycles. The fourth-order valence-electron chi connectivity index (χ4n) is 3.01. The van der Waals surface area contributed by atoms with E-state index in [4.69, 9.17) is 10.9 Å². The van der Waals surface area contributed by atoms with E-state index in [1.807, 2.05) is 13.0 Å². The van der Waals surface area contributed by atoms with E-state index in [9.17, 15) is 4.79 Å². The first-order valence-corrected chi connectivity index (χ1v) is 7.24. The summed E-state index contributed by atoms with van der Waals surface area (Å²) in [6.45, 7) is 6.21. The summed E-state index contributed by atoms with van der Waals surface area (Å²) in [5.74, 6) is 0.119. The molecule has 0 aliphatic heterocycles. The fourth-order valence-corrected chi connectivity index (χ4v) is 3.01. The number of oxime groups is 1. The zero-order chi connectivity index (χ0) is 15.6. The Morgan fingerprint density at radius 1 is 1.48 bits per heavy atom. The summed E-state index contributed by atoms with van der Waals surface area (Å²) in [7, 11) is 0. The number of amides is 1. The Morgan fingerprint density at radius 2 is 2.19 bits per heavy atom. The lowest BCUT2D eigenvalue weighted by Gasteiger charge is -2.26. The van der Waals surface area contributed by atoms with Crippen molar-refractivity contribution in [3.05, 3.63) is 29.3 Å². The quantitative estimate of drug-likeness (QED) is 0.346. The molecule has 1 atom stereocenters. The number of nitrogens with zero attached hydrogens (tertiary/aromatic N) is 1. The molecule has 0 bridgehead atoms. The van der Waals surface area contributed by atoms with Gasteiger partial charge >= 0.3 is 0 Å². The highest BCUT2D eigenvalue weighted by Crippen LogP contribution is 2.43. The molecule has 0 radical (unpaired) electrons. The maximum atomic E-state index is 12.5. The van der Waals surface area contributed by atoms with Crippen molar-refractivity contribution in [2.75, 3.05) is 5.32 Å². The number of aryl methyl sites for hydroxylation is 1. The summed E-state index contributed by atoms with van der Waals surface area (Å²) in [6.07, 6.45) is 3.10. The molecule has 1 saturated carbocycles. The molecule has 1 unspecified atom stereocenters. The zero-order valence-corrected chi connectivity index (χ0v) is 12.8. The molecule has 2 rings (SSSR count). The Morgan fingerprint density at radius 3 is 2.76 bits per heavy atom. The Hall–Kier alpha value is -2.04. The van der Waals surface area contributed by atoms with Gasteiger partial charge in [0.05, 0.1) is 0 Å². The largest absolute Gasteiger partial charge is 0.409 e. The van der Waals surface area contributed by atoms with E-state index in [1.54, 1.807) is 12.1 Å². The highest BCUT2D eigenvalue weighted by molar-refractivity contribution is 6.00. The Bertz CT molecular complexity index is 579. The van der Waals surface area contributed by atoms with Gasteiger partial charge in [0.15, 0.2) is 5.84 Å². The Labute approximate surface area is 125 Å². The van der Waals surface area contributed by atoms with E-state index in [2.05, 4.69) is 24.3 Å². The van der Waals surface area contributed by atoms with Crippen LogP contribution in [0.5, 0.6) is 0 Å². The highest BCUT2D eigenvalue weighted by atomic mass is 16.4. The number of hydrogen-bond acceptors (Lipinski definition) is 3. The van der Waals surface area contributed by atoms with Gasteiger partial charge in [-0.2, -0.15) is 0 Å². The number of carbonyl (C=O) groups excluding carboxylic acids is 1. The van der Waals surface area contributed by atoms with Crippen LogP contribution in [0.1, 0.15) is 44.2 Å². The van der Waals surface area contributed by atoms with Crippen LogP contribution in [-0.4, -0.2) is 17.0 Å². The van der Waals surface area contributed by atoms with Crippen molar-refractivity contribution in [2.45, 2.75) is 40.0 Å². The van der Waals surface area contributed by atoms with Gasteiger partial charge in [0.1, 0.15) is 0 Å². The minimum atomic E-state index is 0.0319. The molecule has 0 spiro atoms. The van der Waals surface area contributed by atoms with Crippen molar-refractivity contribution < 1.29 is 10.0 Å². The molecule has 114 valence electrons. The molecule has 4 N–H and O–H groups in total. The summed E-state index contributed by atoms with van der Waals surface area (Å²) in [5, 5.41) is 14.7. The second-order valence-corrected chi connectivity index (χ2v) is 6.44. The van der Waals surface area contributed by atoms with Crippen LogP contribution in [-0.2, 0) is 4.79 Å². The van der Waals surface area contributed by atoms with E-state index in [-0.39, 0.29) is 23.1 Å². The number of benzene rings is 1. The van der Waals surface area contributed by atoms with Crippen LogP contribution in [0.4, 0.5) is 5.69 Å². The van der Waals surface area contributed by atoms with Crippen LogP contribution < -0.4 is 11.1 Å². The third-order valence-corrected chi connectivity index (χ3v) is 4.47. The second kappa shape index (κ2) is 5.76. The van der Waals surface area contributed by atoms with Gasteiger partial charge in [-0.3, -0.25) is 4.79 Å². The summed E-state index contributed by atoms with van der Waals surface area (Å²) < 4.78 is 0. The van der Waals surface area contributed by atoms with E-state index >= 15 is 0 Å². The monoisotopic (exact) mass is 289 g/mol. The summed E-state index contributed by atoms with van der Waals surface area (Å²) in [5.41, 5.74) is 7.89. The number of nitrogens with one attached hydrogen (secondary N) is 1. The molecule has 1 aliphatic rings. The lowest BCUT2D eigenvalue weighted by Crippen LogP contribution is -2.31. The van der Waals surface area contributed by atoms with E-state index in [1.165, 1.54) is 0 Å². The average molecular weight is 289 g/mol. The standard InChI is InChI=1S/C16H23N3O2/c1-10-6-7-11(14(17)19-21)9-13(10)18-15(20)12-5-4-8-16(12,2)3/h6-7,9,12,21H,4-5,8H2,1-3H3,(H2,17,19)(H,18,20). The molecule has 5 heteroatoms. The first-order valence-electron chi connectivity index (χ1n) is 7.24. The number of rotatable bonds is 3. The molecular formula is C16H23N3O2. The lowest BCUT2D eigenvalue weighted by atomic mass is 9.81. The van der Waals surface area contributed by atoms with Crippen LogP contribution in [0.2, 0.25) is 0 Å². The van der Waals surface area contributed by atoms with E-state index in [0.29, 0.717) is 11.3 Å². The maximum Gasteiger partial charge on any atom is 0.228 e. The SMILES string of the molecule is Cc1ccc(/C(N)=N/O)cc1NC(=O)C1CCCC1(C)C. The topological polar surface area (TPSA) is 87.7 Å². The molecule has 1 aromatic carbocycles. The Kier molecular flexibility index (Phi) is 4.21. The highest BCUT2D eigenvalue weighted by Gasteiger charge is 2.39. The van der Waals surface area contributed by atoms with Crippen molar-refractivity contribution in [3.63, 3.8) is 0 Å². The number of nitrogens with two attached hydrogens (primary N) is 1. The third kappa shape index (κ3) is 3.17. The second-order valence-electron chi connectivity index (χ2n) is 6.44. The molecule has 1 fully saturated rings. The van der Waals surface area contributed by atoms with Crippen molar-refractivity contribution in [2.24, 2.45) is 22.2 Å². The van der Waals surface area contributed by atoms with Crippen LogP contribution in [0.15, 0.2) is 23.4 Å². The van der Waals surface area contributed by atoms with Gasteiger partial charge in [0.2, 0.25) is 5.91 Å². The van der Waals surface area contributed by atoms with E-state index in [0.717, 1.165) is 24.8 Å². The predicted molar refractivity (Wildman–Crippen MR) is 83.4 cm³/mol. The molecule has 5 nitrogen and oxygen atoms in total. The number of carbonyl (C=O) groups is 1. The summed E-state index contributed by atoms with van der Waals surface area (Å²) in [4.78, 5) is 12.5. The van der Waals surface area contributed by atoms with Gasteiger partial charge in [-0.15, -0.1) is 0 Å². The van der Waals surface area contributed by atoms with Crippen LogP contribution in [0.3, 0.4) is 0 Å². The predicted octanol–water partition coefficient (Wildman–Crippen LogP) is 2.85. The van der Waals surface area contributed by atoms with Gasteiger partial charge in [-0.1, -0.05) is 37.6 Å². The summed E-state index contributed by atoms with van der Waals surface area (Å²) >= 11 is 0.